The van der Waals surface area contributed by atoms with Crippen LogP contribution in [0.4, 0.5) is 14.9 Å². The average Bonchev–Trinajstić information content (AvgIpc) is 3.47. The van der Waals surface area contributed by atoms with E-state index in [1.54, 1.807) is 19.2 Å². The monoisotopic (exact) mass is 487 g/mol. The highest BCUT2D eigenvalue weighted by atomic mass is 32.1. The van der Waals surface area contributed by atoms with Gasteiger partial charge in [-0.15, -0.1) is 11.3 Å². The summed E-state index contributed by atoms with van der Waals surface area (Å²) in [5.41, 5.74) is 5.16. The highest BCUT2D eigenvalue weighted by molar-refractivity contribution is 7.15. The maximum atomic E-state index is 13.9. The number of anilines is 1. The van der Waals surface area contributed by atoms with Crippen LogP contribution in [0, 0.1) is 5.82 Å². The smallest absolute Gasteiger partial charge is 0.322 e. The van der Waals surface area contributed by atoms with E-state index in [9.17, 15) is 9.18 Å². The summed E-state index contributed by atoms with van der Waals surface area (Å²) >= 11 is 1.85. The fourth-order valence-electron chi connectivity index (χ4n) is 5.28. The molecule has 4 aromatic rings. The molecule has 5 nitrogen and oxygen atoms in total. The number of aryl methyl sites for hydroxylation is 1. The quantitative estimate of drug-likeness (QED) is 0.349. The Morgan fingerprint density at radius 1 is 1.06 bits per heavy atom. The van der Waals surface area contributed by atoms with Gasteiger partial charge in [0, 0.05) is 28.4 Å². The lowest BCUT2D eigenvalue weighted by Gasteiger charge is -2.31. The minimum Gasteiger partial charge on any atom is -0.497 e. The van der Waals surface area contributed by atoms with Crippen LogP contribution in [-0.4, -0.2) is 22.6 Å². The molecule has 0 bridgehead atoms. The molecule has 6 rings (SSSR count). The van der Waals surface area contributed by atoms with Crippen molar-refractivity contribution < 1.29 is 13.9 Å². The number of fused-ring (bicyclic) bond motifs is 5. The molecule has 0 saturated carbocycles. The van der Waals surface area contributed by atoms with Crippen LogP contribution in [0.2, 0.25) is 0 Å². The summed E-state index contributed by atoms with van der Waals surface area (Å²) in [7, 11) is 1.61. The highest BCUT2D eigenvalue weighted by Crippen LogP contribution is 2.44. The molecule has 1 N–H and O–H groups in total. The summed E-state index contributed by atoms with van der Waals surface area (Å²) < 4.78 is 21.4. The molecule has 3 heterocycles. The molecular formula is C28H26FN3O2S. The Kier molecular flexibility index (Phi) is 5.57. The van der Waals surface area contributed by atoms with Crippen molar-refractivity contribution in [3.05, 3.63) is 99.9 Å². The van der Waals surface area contributed by atoms with Gasteiger partial charge in [-0.1, -0.05) is 18.2 Å². The van der Waals surface area contributed by atoms with Gasteiger partial charge in [-0.3, -0.25) is 0 Å². The molecule has 0 fully saturated rings. The number of aromatic nitrogens is 1. The van der Waals surface area contributed by atoms with Crippen LogP contribution in [-0.2, 0) is 19.4 Å². The van der Waals surface area contributed by atoms with Crippen molar-refractivity contribution in [2.75, 3.05) is 12.4 Å². The summed E-state index contributed by atoms with van der Waals surface area (Å²) in [5.74, 6) is 0.384. The first-order valence-electron chi connectivity index (χ1n) is 11.9. The number of thiophene rings is 1. The third kappa shape index (κ3) is 3.90. The predicted molar refractivity (Wildman–Crippen MR) is 136 cm³/mol. The zero-order valence-corrected chi connectivity index (χ0v) is 20.3. The first-order valence-corrected chi connectivity index (χ1v) is 12.7. The van der Waals surface area contributed by atoms with E-state index in [1.165, 1.54) is 46.0 Å². The molecule has 2 amide bonds. The number of carbonyl (C=O) groups is 1. The number of urea groups is 1. The van der Waals surface area contributed by atoms with Crippen molar-refractivity contribution in [3.63, 3.8) is 0 Å². The van der Waals surface area contributed by atoms with Crippen LogP contribution in [0.5, 0.6) is 5.75 Å². The zero-order valence-electron chi connectivity index (χ0n) is 19.5. The Morgan fingerprint density at radius 3 is 2.71 bits per heavy atom. The van der Waals surface area contributed by atoms with Gasteiger partial charge in [-0.05, 0) is 73.2 Å². The van der Waals surface area contributed by atoms with Crippen LogP contribution in [0.25, 0.3) is 5.00 Å². The average molecular weight is 488 g/mol. The lowest BCUT2D eigenvalue weighted by Crippen LogP contribution is -2.38. The Labute approximate surface area is 207 Å². The van der Waals surface area contributed by atoms with Gasteiger partial charge in [0.1, 0.15) is 16.6 Å². The van der Waals surface area contributed by atoms with E-state index < -0.39 is 0 Å². The number of hydrogen-bond donors (Lipinski definition) is 1. The van der Waals surface area contributed by atoms with E-state index in [-0.39, 0.29) is 17.9 Å². The van der Waals surface area contributed by atoms with E-state index in [0.717, 1.165) is 24.1 Å². The molecule has 1 aliphatic heterocycles. The zero-order chi connectivity index (χ0) is 23.9. The van der Waals surface area contributed by atoms with Crippen molar-refractivity contribution in [3.8, 4) is 10.8 Å². The van der Waals surface area contributed by atoms with Gasteiger partial charge < -0.3 is 19.5 Å². The van der Waals surface area contributed by atoms with Gasteiger partial charge in [-0.25, -0.2) is 9.18 Å². The van der Waals surface area contributed by atoms with Gasteiger partial charge in [-0.2, -0.15) is 0 Å². The second-order valence-corrected chi connectivity index (χ2v) is 10.1. The minimum atomic E-state index is -0.366. The topological polar surface area (TPSA) is 46.5 Å². The number of benzene rings is 2. The molecule has 7 heteroatoms. The van der Waals surface area contributed by atoms with Crippen LogP contribution in [0.1, 0.15) is 46.1 Å². The molecule has 2 aromatic carbocycles. The highest BCUT2D eigenvalue weighted by Gasteiger charge is 2.36. The number of rotatable bonds is 3. The largest absolute Gasteiger partial charge is 0.497 e. The number of carbonyl (C=O) groups excluding carboxylic acids is 1. The summed E-state index contributed by atoms with van der Waals surface area (Å²) in [6.45, 7) is 0.487. The summed E-state index contributed by atoms with van der Waals surface area (Å²) in [4.78, 5) is 17.2. The Bertz CT molecular complexity index is 1390. The molecule has 178 valence electrons. The summed E-state index contributed by atoms with van der Waals surface area (Å²) in [6.07, 6.45) is 6.61. The number of nitrogens with one attached hydrogen (secondary N) is 1. The van der Waals surface area contributed by atoms with Crippen molar-refractivity contribution in [1.29, 1.82) is 0 Å². The van der Waals surface area contributed by atoms with Crippen molar-refractivity contribution in [2.24, 2.45) is 0 Å². The fourth-order valence-corrected chi connectivity index (χ4v) is 6.68. The molecule has 0 radical (unpaired) electrons. The number of hydrogen-bond acceptors (Lipinski definition) is 3. The van der Waals surface area contributed by atoms with E-state index in [1.807, 2.05) is 46.6 Å². The summed E-state index contributed by atoms with van der Waals surface area (Å²) in [5, 5.41) is 4.27. The molecule has 1 atom stereocenters. The fraction of sp³-hybridized carbons (Fsp3) is 0.250. The van der Waals surface area contributed by atoms with Crippen LogP contribution in [0.3, 0.4) is 0 Å². The van der Waals surface area contributed by atoms with Gasteiger partial charge in [0.25, 0.3) is 0 Å². The van der Waals surface area contributed by atoms with Crippen LogP contribution in [0.15, 0.2) is 66.9 Å². The second-order valence-electron chi connectivity index (χ2n) is 9.04. The van der Waals surface area contributed by atoms with E-state index in [2.05, 4.69) is 22.1 Å². The lowest BCUT2D eigenvalue weighted by molar-refractivity contribution is 0.194. The molecule has 0 unspecified atom stereocenters. The standard InChI is InChI=1S/C28H26FN3O2S/c1-34-21-7-4-6-20(16-21)30-28(33)32-17-23-22-8-2-3-10-25(22)35-27(23)31-15-5-9-24(31)26(32)18-11-13-19(29)14-12-18/h4-7,9,11-16,26H,2-3,8,10,17H2,1H3,(H,30,33)/t26-/m0/s1. The first kappa shape index (κ1) is 21.9. The Hall–Kier alpha value is -3.58. The van der Waals surface area contributed by atoms with Gasteiger partial charge in [0.2, 0.25) is 0 Å². The van der Waals surface area contributed by atoms with Crippen molar-refractivity contribution in [2.45, 2.75) is 38.3 Å². The lowest BCUT2D eigenvalue weighted by atomic mass is 9.95. The van der Waals surface area contributed by atoms with Crippen molar-refractivity contribution in [1.82, 2.24) is 9.47 Å². The number of halogens is 1. The van der Waals surface area contributed by atoms with Gasteiger partial charge in [0.15, 0.2) is 0 Å². The minimum absolute atomic E-state index is 0.205. The molecule has 0 saturated heterocycles. The SMILES string of the molecule is COc1cccc(NC(=O)N2Cc3c(sc4c3CCCC4)-n3cccc3[C@@H]2c2ccc(F)cc2)c1. The number of ether oxygens (including phenoxy) is 1. The molecule has 0 spiro atoms. The third-order valence-electron chi connectivity index (χ3n) is 6.95. The van der Waals surface area contributed by atoms with E-state index >= 15 is 0 Å². The summed E-state index contributed by atoms with van der Waals surface area (Å²) in [6, 6.07) is 17.4. The number of amides is 2. The maximum absolute atomic E-state index is 13.9. The molecular weight excluding hydrogens is 461 g/mol. The molecule has 35 heavy (non-hydrogen) atoms. The first-order chi connectivity index (χ1) is 17.1. The van der Waals surface area contributed by atoms with Crippen LogP contribution >= 0.6 is 11.3 Å². The van der Waals surface area contributed by atoms with Gasteiger partial charge >= 0.3 is 6.03 Å². The maximum Gasteiger partial charge on any atom is 0.322 e. The second kappa shape index (κ2) is 8.89. The number of nitrogens with zero attached hydrogens (tertiary/aromatic N) is 2. The molecule has 2 aromatic heterocycles. The molecule has 2 aliphatic rings. The predicted octanol–water partition coefficient (Wildman–Crippen LogP) is 6.70. The van der Waals surface area contributed by atoms with E-state index in [4.69, 9.17) is 4.74 Å². The molecule has 1 aliphatic carbocycles. The Morgan fingerprint density at radius 2 is 1.89 bits per heavy atom. The van der Waals surface area contributed by atoms with Gasteiger partial charge in [0.05, 0.1) is 25.4 Å². The Balaban J connectivity index is 1.48. The van der Waals surface area contributed by atoms with Crippen molar-refractivity contribution >= 4 is 23.1 Å². The van der Waals surface area contributed by atoms with Crippen LogP contribution < -0.4 is 10.1 Å². The normalized spacial score (nSPS) is 16.6. The third-order valence-corrected chi connectivity index (χ3v) is 8.28. The van der Waals surface area contributed by atoms with E-state index in [0.29, 0.717) is 18.0 Å². The number of methoxy groups -OCH3 is 1.